The zero-order valence-corrected chi connectivity index (χ0v) is 11.1. The van der Waals surface area contributed by atoms with Gasteiger partial charge in [-0.25, -0.2) is 9.59 Å². The summed E-state index contributed by atoms with van der Waals surface area (Å²) in [4.78, 5) is 28.5. The van der Waals surface area contributed by atoms with E-state index in [0.29, 0.717) is 18.8 Å². The second kappa shape index (κ2) is 6.33. The van der Waals surface area contributed by atoms with Gasteiger partial charge in [-0.05, 0) is 25.0 Å². The molecule has 4 N–H and O–H groups in total. The number of carbonyl (C=O) groups is 2. The fraction of sp³-hybridized carbons (Fsp3) is 0.462. The Labute approximate surface area is 116 Å². The molecule has 0 spiro atoms. The molecule has 2 heterocycles. The number of piperidine rings is 1. The van der Waals surface area contributed by atoms with Crippen LogP contribution in [0.5, 0.6) is 0 Å². The molecule has 1 aliphatic rings. The first kappa shape index (κ1) is 14.3. The molecule has 0 radical (unpaired) electrons. The normalized spacial score (nSPS) is 15.9. The molecule has 2 rings (SSSR count). The van der Waals surface area contributed by atoms with Crippen LogP contribution < -0.4 is 11.1 Å². The van der Waals surface area contributed by atoms with Crippen molar-refractivity contribution in [3.05, 3.63) is 29.6 Å². The first-order valence-electron chi connectivity index (χ1n) is 6.53. The molecule has 7 nitrogen and oxygen atoms in total. The Morgan fingerprint density at radius 2 is 2.15 bits per heavy atom. The molecular formula is C13H18N4O3. The molecule has 1 fully saturated rings. The van der Waals surface area contributed by atoms with Crippen molar-refractivity contribution >= 4 is 12.0 Å². The monoisotopic (exact) mass is 278 g/mol. The lowest BCUT2D eigenvalue weighted by atomic mass is 10.1. The third-order valence-corrected chi connectivity index (χ3v) is 3.31. The standard InChI is InChI=1S/C13H18N4O3/c14-10-2-5-17(6-3-10)13(20)16-8-11-7-9(12(18)19)1-4-15-11/h1,4,7,10H,2-3,5-6,8,14H2,(H,16,20)(H,18,19). The highest BCUT2D eigenvalue weighted by Gasteiger charge is 2.20. The number of urea groups is 1. The molecule has 1 saturated heterocycles. The van der Waals surface area contributed by atoms with Gasteiger partial charge in [0.1, 0.15) is 0 Å². The van der Waals surface area contributed by atoms with Crippen LogP contribution in [0.1, 0.15) is 28.9 Å². The zero-order valence-electron chi connectivity index (χ0n) is 11.1. The van der Waals surface area contributed by atoms with Crippen molar-refractivity contribution < 1.29 is 14.7 Å². The lowest BCUT2D eigenvalue weighted by Gasteiger charge is -2.30. The van der Waals surface area contributed by atoms with E-state index in [4.69, 9.17) is 10.8 Å². The Balaban J connectivity index is 1.87. The predicted octanol–water partition coefficient (Wildman–Crippen LogP) is 0.413. The van der Waals surface area contributed by atoms with Crippen LogP contribution in [-0.2, 0) is 6.54 Å². The van der Waals surface area contributed by atoms with Gasteiger partial charge >= 0.3 is 12.0 Å². The summed E-state index contributed by atoms with van der Waals surface area (Å²) in [5, 5.41) is 11.6. The van der Waals surface area contributed by atoms with Gasteiger partial charge in [-0.15, -0.1) is 0 Å². The van der Waals surface area contributed by atoms with Crippen molar-refractivity contribution in [3.63, 3.8) is 0 Å². The molecule has 0 aromatic carbocycles. The van der Waals surface area contributed by atoms with E-state index in [1.165, 1.54) is 18.3 Å². The molecule has 108 valence electrons. The maximum atomic E-state index is 11.9. The Morgan fingerprint density at radius 3 is 2.80 bits per heavy atom. The second-order valence-corrected chi connectivity index (χ2v) is 4.82. The topological polar surface area (TPSA) is 109 Å². The number of hydrogen-bond donors (Lipinski definition) is 3. The number of hydrogen-bond acceptors (Lipinski definition) is 4. The van der Waals surface area contributed by atoms with Crippen LogP contribution >= 0.6 is 0 Å². The van der Waals surface area contributed by atoms with E-state index in [9.17, 15) is 9.59 Å². The van der Waals surface area contributed by atoms with Crippen molar-refractivity contribution in [3.8, 4) is 0 Å². The number of carboxylic acids is 1. The molecule has 0 bridgehead atoms. The minimum atomic E-state index is -1.01. The molecule has 0 atom stereocenters. The van der Waals surface area contributed by atoms with E-state index in [0.717, 1.165) is 12.8 Å². The van der Waals surface area contributed by atoms with E-state index in [-0.39, 0.29) is 24.2 Å². The largest absolute Gasteiger partial charge is 0.478 e. The van der Waals surface area contributed by atoms with Crippen molar-refractivity contribution in [2.24, 2.45) is 5.73 Å². The van der Waals surface area contributed by atoms with Gasteiger partial charge in [-0.1, -0.05) is 0 Å². The van der Waals surface area contributed by atoms with E-state index >= 15 is 0 Å². The van der Waals surface area contributed by atoms with Crippen LogP contribution in [0.2, 0.25) is 0 Å². The fourth-order valence-electron chi connectivity index (χ4n) is 2.09. The number of aromatic nitrogens is 1. The van der Waals surface area contributed by atoms with E-state index in [2.05, 4.69) is 10.3 Å². The van der Waals surface area contributed by atoms with Gasteiger partial charge < -0.3 is 21.1 Å². The number of nitrogens with one attached hydrogen (secondary N) is 1. The summed E-state index contributed by atoms with van der Waals surface area (Å²) in [6.45, 7) is 1.51. The fourth-order valence-corrected chi connectivity index (χ4v) is 2.09. The number of aromatic carboxylic acids is 1. The average molecular weight is 278 g/mol. The molecule has 0 aliphatic carbocycles. The minimum absolute atomic E-state index is 0.160. The summed E-state index contributed by atoms with van der Waals surface area (Å²) in [5.41, 5.74) is 6.46. The number of nitrogens with two attached hydrogens (primary N) is 1. The van der Waals surface area contributed by atoms with Gasteiger partial charge in [0.15, 0.2) is 0 Å². The van der Waals surface area contributed by atoms with E-state index in [1.807, 2.05) is 0 Å². The lowest BCUT2D eigenvalue weighted by Crippen LogP contribution is -2.47. The number of carboxylic acid groups (broad SMARTS) is 1. The molecular weight excluding hydrogens is 260 g/mol. The average Bonchev–Trinajstić information content (AvgIpc) is 2.46. The molecule has 7 heteroatoms. The van der Waals surface area contributed by atoms with E-state index < -0.39 is 5.97 Å². The summed E-state index contributed by atoms with van der Waals surface area (Å²) in [5.74, 6) is -1.01. The minimum Gasteiger partial charge on any atom is -0.478 e. The SMILES string of the molecule is NC1CCN(C(=O)NCc2cc(C(=O)O)ccn2)CC1. The van der Waals surface area contributed by atoms with Crippen LogP contribution in [0.3, 0.4) is 0 Å². The number of nitrogens with zero attached hydrogens (tertiary/aromatic N) is 2. The highest BCUT2D eigenvalue weighted by molar-refractivity contribution is 5.87. The highest BCUT2D eigenvalue weighted by Crippen LogP contribution is 2.08. The number of rotatable bonds is 3. The summed E-state index contributed by atoms with van der Waals surface area (Å²) >= 11 is 0. The van der Waals surface area contributed by atoms with Crippen molar-refractivity contribution in [1.29, 1.82) is 0 Å². The Morgan fingerprint density at radius 1 is 1.45 bits per heavy atom. The van der Waals surface area contributed by atoms with Crippen molar-refractivity contribution in [1.82, 2.24) is 15.2 Å². The summed E-state index contributed by atoms with van der Waals surface area (Å²) < 4.78 is 0. The molecule has 2 amide bonds. The van der Waals surface area contributed by atoms with Crippen LogP contribution in [0.15, 0.2) is 18.3 Å². The van der Waals surface area contributed by atoms with Gasteiger partial charge in [-0.2, -0.15) is 0 Å². The smallest absolute Gasteiger partial charge is 0.335 e. The predicted molar refractivity (Wildman–Crippen MR) is 72.2 cm³/mol. The highest BCUT2D eigenvalue weighted by atomic mass is 16.4. The van der Waals surface area contributed by atoms with Gasteiger partial charge in [0.25, 0.3) is 0 Å². The van der Waals surface area contributed by atoms with Gasteiger partial charge in [0.2, 0.25) is 0 Å². The molecule has 1 aromatic heterocycles. The van der Waals surface area contributed by atoms with Gasteiger partial charge in [-0.3, -0.25) is 4.98 Å². The zero-order chi connectivity index (χ0) is 14.5. The number of pyridine rings is 1. The van der Waals surface area contributed by atoms with Crippen molar-refractivity contribution in [2.45, 2.75) is 25.4 Å². The lowest BCUT2D eigenvalue weighted by molar-refractivity contribution is 0.0696. The van der Waals surface area contributed by atoms with Crippen LogP contribution in [0.4, 0.5) is 4.79 Å². The van der Waals surface area contributed by atoms with Crippen molar-refractivity contribution in [2.75, 3.05) is 13.1 Å². The first-order chi connectivity index (χ1) is 9.56. The second-order valence-electron chi connectivity index (χ2n) is 4.82. The molecule has 1 aromatic rings. The van der Waals surface area contributed by atoms with Gasteiger partial charge in [0.05, 0.1) is 17.8 Å². The number of carbonyl (C=O) groups excluding carboxylic acids is 1. The maximum absolute atomic E-state index is 11.9. The third kappa shape index (κ3) is 3.67. The Hall–Kier alpha value is -2.15. The van der Waals surface area contributed by atoms with Crippen LogP contribution in [-0.4, -0.2) is 46.1 Å². The van der Waals surface area contributed by atoms with Crippen LogP contribution in [0.25, 0.3) is 0 Å². The Kier molecular flexibility index (Phi) is 4.52. The number of likely N-dealkylation sites (tertiary alicyclic amines) is 1. The summed E-state index contributed by atoms with van der Waals surface area (Å²) in [6, 6.07) is 2.88. The van der Waals surface area contributed by atoms with Gasteiger partial charge in [0, 0.05) is 25.3 Å². The summed E-state index contributed by atoms with van der Waals surface area (Å²) in [7, 11) is 0. The molecule has 0 saturated carbocycles. The first-order valence-corrected chi connectivity index (χ1v) is 6.53. The molecule has 20 heavy (non-hydrogen) atoms. The Bertz CT molecular complexity index is 498. The third-order valence-electron chi connectivity index (χ3n) is 3.31. The molecule has 1 aliphatic heterocycles. The number of amides is 2. The maximum Gasteiger partial charge on any atom is 0.335 e. The molecule has 0 unspecified atom stereocenters. The van der Waals surface area contributed by atoms with Crippen LogP contribution in [0, 0.1) is 0 Å². The van der Waals surface area contributed by atoms with E-state index in [1.54, 1.807) is 4.90 Å². The quantitative estimate of drug-likeness (QED) is 0.742. The summed E-state index contributed by atoms with van der Waals surface area (Å²) in [6.07, 6.45) is 3.03.